The Labute approximate surface area is 357 Å². The summed E-state index contributed by atoms with van der Waals surface area (Å²) < 4.78 is 0. The van der Waals surface area contributed by atoms with Gasteiger partial charge in [0.2, 0.25) is 29.5 Å². The number of nitrogens with zero attached hydrogens (tertiary/aromatic N) is 1. The van der Waals surface area contributed by atoms with Crippen LogP contribution in [0.5, 0.6) is 0 Å². The molecule has 2 aliphatic rings. The molecule has 61 heavy (non-hydrogen) atoms. The summed E-state index contributed by atoms with van der Waals surface area (Å²) in [4.78, 5) is 84.8. The summed E-state index contributed by atoms with van der Waals surface area (Å²) in [6, 6.07) is 40.2. The average Bonchev–Trinajstić information content (AvgIpc) is 3.27. The molecule has 0 spiro atoms. The molecule has 0 saturated heterocycles. The summed E-state index contributed by atoms with van der Waals surface area (Å²) >= 11 is 0. The van der Waals surface area contributed by atoms with Crippen molar-refractivity contribution in [1.82, 2.24) is 20.9 Å². The van der Waals surface area contributed by atoms with Crippen LogP contribution in [0, 0.1) is 5.92 Å². The number of hydrogen-bond donors (Lipinski definition) is 4. The second-order valence-electron chi connectivity index (χ2n) is 15.8. The smallest absolute Gasteiger partial charge is 0.243 e. The van der Waals surface area contributed by atoms with E-state index in [9.17, 15) is 28.8 Å². The monoisotopic (exact) mass is 819 g/mol. The molecule has 0 saturated carbocycles. The highest BCUT2D eigenvalue weighted by atomic mass is 16.2. The first-order valence-corrected chi connectivity index (χ1v) is 20.8. The van der Waals surface area contributed by atoms with E-state index in [2.05, 4.69) is 21.3 Å². The number of carbonyl (C=O) groups is 6. The molecule has 0 aliphatic carbocycles. The Morgan fingerprint density at radius 2 is 1.07 bits per heavy atom. The Balaban J connectivity index is 1.35. The minimum Gasteiger partial charge on any atom is -0.349 e. The standard InChI is InChI=1S/C50H53N5O6/c1-55(2)50(61)40-30-36-20-25-41(26-21-36)51-46(57)28-29-47(58)52-42(27-22-34-12-6-3-7-13-34)48(59)54-44(32-37-18-23-39(24-19-37)38-16-10-5-11-17-38)49(60)53-43(45(56)33-40)31-35-14-8-4-9-15-35/h3-21,23-26,40,42-44H,22,27-33H2,1-2H3,(H,51,57)(H,52,58)(H,53,60)(H,54,59)/t40-,42-,43-,44+/m1/s1. The molecular weight excluding hydrogens is 767 g/mol. The number of rotatable bonds is 9. The van der Waals surface area contributed by atoms with Gasteiger partial charge in [0, 0.05) is 51.4 Å². The van der Waals surface area contributed by atoms with E-state index < -0.39 is 41.8 Å². The molecule has 4 atom stereocenters. The molecule has 2 bridgehead atoms. The summed E-state index contributed by atoms with van der Waals surface area (Å²) in [6.07, 6.45) is 0.693. The third-order valence-corrected chi connectivity index (χ3v) is 10.9. The molecule has 314 valence electrons. The Morgan fingerprint density at radius 3 is 1.70 bits per heavy atom. The second-order valence-corrected chi connectivity index (χ2v) is 15.8. The maximum absolute atomic E-state index is 14.6. The highest BCUT2D eigenvalue weighted by Crippen LogP contribution is 2.22. The van der Waals surface area contributed by atoms with E-state index in [0.717, 1.165) is 33.4 Å². The van der Waals surface area contributed by atoms with E-state index in [1.807, 2.05) is 115 Å². The summed E-state index contributed by atoms with van der Waals surface area (Å²) in [5, 5.41) is 11.6. The Hall–Kier alpha value is -6.88. The van der Waals surface area contributed by atoms with Crippen LogP contribution >= 0.6 is 0 Å². The minimum absolute atomic E-state index is 0.0793. The fraction of sp³-hybridized carbons (Fsp3) is 0.280. The highest BCUT2D eigenvalue weighted by Gasteiger charge is 2.33. The Bertz CT molecular complexity index is 2270. The molecule has 4 N–H and O–H groups in total. The van der Waals surface area contributed by atoms with Gasteiger partial charge in [-0.05, 0) is 71.2 Å². The van der Waals surface area contributed by atoms with E-state index in [-0.39, 0.29) is 62.5 Å². The van der Waals surface area contributed by atoms with Crippen molar-refractivity contribution in [1.29, 1.82) is 0 Å². The maximum Gasteiger partial charge on any atom is 0.243 e. The molecule has 5 aromatic carbocycles. The van der Waals surface area contributed by atoms with Crippen LogP contribution in [-0.2, 0) is 54.5 Å². The van der Waals surface area contributed by atoms with Gasteiger partial charge < -0.3 is 26.2 Å². The first-order valence-electron chi connectivity index (χ1n) is 20.8. The molecular formula is C50H53N5O6. The molecule has 2 heterocycles. The average molecular weight is 820 g/mol. The van der Waals surface area contributed by atoms with Crippen LogP contribution in [0.2, 0.25) is 0 Å². The highest BCUT2D eigenvalue weighted by molar-refractivity contribution is 5.97. The van der Waals surface area contributed by atoms with E-state index in [0.29, 0.717) is 12.1 Å². The van der Waals surface area contributed by atoms with Crippen LogP contribution in [0.25, 0.3) is 11.1 Å². The van der Waals surface area contributed by atoms with Gasteiger partial charge in [-0.3, -0.25) is 28.8 Å². The topological polar surface area (TPSA) is 154 Å². The predicted molar refractivity (Wildman–Crippen MR) is 236 cm³/mol. The van der Waals surface area contributed by atoms with Gasteiger partial charge in [-0.25, -0.2) is 0 Å². The minimum atomic E-state index is -1.16. The van der Waals surface area contributed by atoms with Crippen LogP contribution in [0.4, 0.5) is 5.69 Å². The SMILES string of the molecule is CN(C)C(=O)[C@H]1CC(=O)[C@@H](Cc2ccccc2)NC(=O)[C@H](Cc2ccc(-c3ccccc3)cc2)NC(=O)[C@@H](CCc2ccccc2)NC(=O)CCC(=O)Nc2ccc(cc2)C1. The van der Waals surface area contributed by atoms with Crippen molar-refractivity contribution >= 4 is 41.0 Å². The fourth-order valence-corrected chi connectivity index (χ4v) is 7.50. The van der Waals surface area contributed by atoms with E-state index >= 15 is 0 Å². The van der Waals surface area contributed by atoms with Crippen molar-refractivity contribution in [3.05, 3.63) is 162 Å². The molecule has 0 unspecified atom stereocenters. The lowest BCUT2D eigenvalue weighted by Crippen LogP contribution is -2.57. The van der Waals surface area contributed by atoms with Gasteiger partial charge in [-0.2, -0.15) is 0 Å². The number of anilines is 1. The molecule has 0 fully saturated rings. The number of benzene rings is 5. The summed E-state index contributed by atoms with van der Waals surface area (Å²) in [5.41, 5.74) is 5.82. The zero-order valence-corrected chi connectivity index (χ0v) is 34.6. The first kappa shape index (κ1) is 43.7. The lowest BCUT2D eigenvalue weighted by atomic mass is 9.89. The van der Waals surface area contributed by atoms with E-state index in [1.165, 1.54) is 4.90 Å². The van der Waals surface area contributed by atoms with Gasteiger partial charge in [0.1, 0.15) is 12.1 Å². The number of ketones is 1. The van der Waals surface area contributed by atoms with Crippen LogP contribution in [0.1, 0.15) is 47.9 Å². The van der Waals surface area contributed by atoms with E-state index in [4.69, 9.17) is 0 Å². The second kappa shape index (κ2) is 21.4. The van der Waals surface area contributed by atoms with Crippen molar-refractivity contribution in [2.24, 2.45) is 5.92 Å². The number of amides is 5. The Morgan fingerprint density at radius 1 is 0.541 bits per heavy atom. The van der Waals surface area contributed by atoms with Gasteiger partial charge in [-0.1, -0.05) is 127 Å². The predicted octanol–water partition coefficient (Wildman–Crippen LogP) is 5.86. The van der Waals surface area contributed by atoms with Crippen molar-refractivity contribution in [3.8, 4) is 11.1 Å². The zero-order valence-electron chi connectivity index (χ0n) is 34.6. The third-order valence-electron chi connectivity index (χ3n) is 10.9. The largest absolute Gasteiger partial charge is 0.349 e. The number of Topliss-reactive ketones (excluding diaryl/α,β-unsaturated/α-hetero) is 1. The molecule has 11 nitrogen and oxygen atoms in total. The number of nitrogens with one attached hydrogen (secondary N) is 4. The van der Waals surface area contributed by atoms with Crippen molar-refractivity contribution in [2.45, 2.75) is 69.5 Å². The van der Waals surface area contributed by atoms with Crippen LogP contribution in [0.3, 0.4) is 0 Å². The normalized spacial score (nSPS) is 19.4. The molecule has 0 radical (unpaired) electrons. The first-order chi connectivity index (χ1) is 29.5. The number of carbonyl (C=O) groups excluding carboxylic acids is 6. The van der Waals surface area contributed by atoms with Gasteiger partial charge in [0.05, 0.1) is 6.04 Å². The van der Waals surface area contributed by atoms with Crippen LogP contribution in [-0.4, -0.2) is 72.4 Å². The molecule has 0 aromatic heterocycles. The van der Waals surface area contributed by atoms with Gasteiger partial charge in [0.15, 0.2) is 5.78 Å². The number of fused-ring (bicyclic) bond motifs is 18. The molecule has 5 aromatic rings. The van der Waals surface area contributed by atoms with E-state index in [1.54, 1.807) is 38.4 Å². The quantitative estimate of drug-likeness (QED) is 0.137. The fourth-order valence-electron chi connectivity index (χ4n) is 7.50. The lowest BCUT2D eigenvalue weighted by molar-refractivity contribution is -0.137. The molecule has 2 aliphatic heterocycles. The van der Waals surface area contributed by atoms with Crippen LogP contribution < -0.4 is 21.3 Å². The summed E-state index contributed by atoms with van der Waals surface area (Å²) in [5.74, 6) is -3.36. The van der Waals surface area contributed by atoms with Crippen molar-refractivity contribution in [2.75, 3.05) is 19.4 Å². The molecule has 7 rings (SSSR count). The summed E-state index contributed by atoms with van der Waals surface area (Å²) in [7, 11) is 3.28. The Kier molecular flexibility index (Phi) is 15.3. The number of aryl methyl sites for hydroxylation is 1. The van der Waals surface area contributed by atoms with Gasteiger partial charge in [-0.15, -0.1) is 0 Å². The summed E-state index contributed by atoms with van der Waals surface area (Å²) in [6.45, 7) is 0. The van der Waals surface area contributed by atoms with Crippen LogP contribution in [0.15, 0.2) is 140 Å². The molecule has 11 heteroatoms. The third kappa shape index (κ3) is 13.1. The number of hydrogen-bond acceptors (Lipinski definition) is 6. The van der Waals surface area contributed by atoms with Crippen molar-refractivity contribution < 1.29 is 28.8 Å². The van der Waals surface area contributed by atoms with Gasteiger partial charge >= 0.3 is 0 Å². The van der Waals surface area contributed by atoms with Gasteiger partial charge in [0.25, 0.3) is 0 Å². The van der Waals surface area contributed by atoms with Crippen molar-refractivity contribution in [3.63, 3.8) is 0 Å². The molecule has 5 amide bonds. The lowest BCUT2D eigenvalue weighted by Gasteiger charge is -2.27. The zero-order chi connectivity index (χ0) is 43.1. The maximum atomic E-state index is 14.6.